The number of guanidine groups is 1. The zero-order valence-electron chi connectivity index (χ0n) is 14.8. The molecule has 2 amide bonds. The third-order valence-electron chi connectivity index (χ3n) is 2.90. The van der Waals surface area contributed by atoms with Crippen molar-refractivity contribution in [3.05, 3.63) is 35.9 Å². The van der Waals surface area contributed by atoms with Crippen LogP contribution in [0, 0.1) is 0 Å². The van der Waals surface area contributed by atoms with Crippen LogP contribution < -0.4 is 21.3 Å². The number of benzene rings is 1. The number of carbonyl (C=O) groups excluding carboxylic acids is 2. The summed E-state index contributed by atoms with van der Waals surface area (Å²) in [7, 11) is 1.58. The molecule has 0 heterocycles. The number of amides is 2. The summed E-state index contributed by atoms with van der Waals surface area (Å²) in [6, 6.07) is 9.67. The molecule has 0 unspecified atom stereocenters. The van der Waals surface area contributed by atoms with Crippen LogP contribution in [-0.4, -0.2) is 43.5 Å². The van der Waals surface area contributed by atoms with Crippen LogP contribution >= 0.6 is 0 Å². The van der Waals surface area contributed by atoms with Crippen LogP contribution in [0.1, 0.15) is 26.3 Å². The van der Waals surface area contributed by atoms with Crippen LogP contribution in [0.4, 0.5) is 0 Å². The summed E-state index contributed by atoms with van der Waals surface area (Å²) in [5, 5.41) is 11.4. The summed E-state index contributed by atoms with van der Waals surface area (Å²) in [6.45, 7) is 6.37. The first kappa shape index (κ1) is 19.5. The van der Waals surface area contributed by atoms with Crippen molar-refractivity contribution in [3.8, 4) is 0 Å². The Kier molecular flexibility index (Phi) is 7.74. The molecular formula is C17H27N5O2. The van der Waals surface area contributed by atoms with Crippen molar-refractivity contribution in [2.45, 2.75) is 32.9 Å². The maximum absolute atomic E-state index is 11.8. The third kappa shape index (κ3) is 8.77. The van der Waals surface area contributed by atoms with E-state index in [1.54, 1.807) is 7.05 Å². The topological polar surface area (TPSA) is 94.6 Å². The zero-order chi connectivity index (χ0) is 18.0. The van der Waals surface area contributed by atoms with Gasteiger partial charge in [0.15, 0.2) is 5.96 Å². The fraction of sp³-hybridized carbons (Fsp3) is 0.471. The van der Waals surface area contributed by atoms with Gasteiger partial charge in [0.1, 0.15) is 0 Å². The molecule has 0 bridgehead atoms. The van der Waals surface area contributed by atoms with Crippen LogP contribution in [0.15, 0.2) is 35.3 Å². The average molecular weight is 333 g/mol. The minimum absolute atomic E-state index is 0.0768. The predicted octanol–water partition coefficient (Wildman–Crippen LogP) is 0.383. The van der Waals surface area contributed by atoms with Crippen LogP contribution in [0.5, 0.6) is 0 Å². The Balaban J connectivity index is 2.28. The van der Waals surface area contributed by atoms with E-state index in [0.29, 0.717) is 12.5 Å². The van der Waals surface area contributed by atoms with Crippen molar-refractivity contribution < 1.29 is 9.59 Å². The molecule has 132 valence electrons. The maximum Gasteiger partial charge on any atom is 0.239 e. The van der Waals surface area contributed by atoms with E-state index in [2.05, 4.69) is 26.3 Å². The van der Waals surface area contributed by atoms with Gasteiger partial charge in [0.05, 0.1) is 13.1 Å². The molecule has 1 aromatic rings. The molecule has 1 aromatic carbocycles. The van der Waals surface area contributed by atoms with Crippen molar-refractivity contribution in [3.63, 3.8) is 0 Å². The second-order valence-electron chi connectivity index (χ2n) is 6.34. The monoisotopic (exact) mass is 333 g/mol. The van der Waals surface area contributed by atoms with E-state index in [-0.39, 0.29) is 30.4 Å². The van der Waals surface area contributed by atoms with Gasteiger partial charge < -0.3 is 21.3 Å². The minimum atomic E-state index is -0.285. The van der Waals surface area contributed by atoms with E-state index in [1.807, 2.05) is 51.1 Å². The highest BCUT2D eigenvalue weighted by atomic mass is 16.2. The summed E-state index contributed by atoms with van der Waals surface area (Å²) >= 11 is 0. The van der Waals surface area contributed by atoms with Gasteiger partial charge in [-0.25, -0.2) is 0 Å². The van der Waals surface area contributed by atoms with Crippen molar-refractivity contribution in [2.75, 3.05) is 20.1 Å². The van der Waals surface area contributed by atoms with Gasteiger partial charge in [-0.05, 0) is 26.3 Å². The molecule has 0 aromatic heterocycles. The summed E-state index contributed by atoms with van der Waals surface area (Å²) < 4.78 is 0. The number of hydrogen-bond acceptors (Lipinski definition) is 3. The number of nitrogens with zero attached hydrogens (tertiary/aromatic N) is 1. The van der Waals surface area contributed by atoms with E-state index in [1.165, 1.54) is 0 Å². The van der Waals surface area contributed by atoms with Gasteiger partial charge in [0.2, 0.25) is 11.8 Å². The number of nitrogens with one attached hydrogen (secondary N) is 4. The van der Waals surface area contributed by atoms with E-state index in [4.69, 9.17) is 0 Å². The number of rotatable bonds is 6. The van der Waals surface area contributed by atoms with Gasteiger partial charge in [-0.15, -0.1) is 0 Å². The molecule has 0 radical (unpaired) electrons. The van der Waals surface area contributed by atoms with Gasteiger partial charge in [0.25, 0.3) is 0 Å². The fourth-order valence-corrected chi connectivity index (χ4v) is 1.87. The lowest BCUT2D eigenvalue weighted by molar-refractivity contribution is -0.121. The summed E-state index contributed by atoms with van der Waals surface area (Å²) in [6.07, 6.45) is 0. The zero-order valence-corrected chi connectivity index (χ0v) is 14.8. The Hall–Kier alpha value is -2.57. The lowest BCUT2D eigenvalue weighted by Gasteiger charge is -2.21. The molecule has 7 nitrogen and oxygen atoms in total. The van der Waals surface area contributed by atoms with Crippen molar-refractivity contribution >= 4 is 17.8 Å². The molecule has 4 N–H and O–H groups in total. The molecule has 0 aliphatic carbocycles. The molecule has 24 heavy (non-hydrogen) atoms. The molecule has 0 spiro atoms. The Morgan fingerprint density at radius 3 is 2.08 bits per heavy atom. The second-order valence-corrected chi connectivity index (χ2v) is 6.34. The first-order chi connectivity index (χ1) is 11.3. The first-order valence-corrected chi connectivity index (χ1v) is 7.86. The Morgan fingerprint density at radius 2 is 1.54 bits per heavy atom. The second kappa shape index (κ2) is 9.54. The summed E-state index contributed by atoms with van der Waals surface area (Å²) in [5.41, 5.74) is 0.750. The molecule has 1 rings (SSSR count). The van der Waals surface area contributed by atoms with E-state index in [9.17, 15) is 9.59 Å². The van der Waals surface area contributed by atoms with Gasteiger partial charge >= 0.3 is 0 Å². The Labute approximate surface area is 143 Å². The van der Waals surface area contributed by atoms with Crippen LogP contribution in [0.25, 0.3) is 0 Å². The molecule has 0 atom stereocenters. The largest absolute Gasteiger partial charge is 0.350 e. The highest BCUT2D eigenvalue weighted by Crippen LogP contribution is 1.97. The number of aliphatic imine (C=N–C) groups is 1. The molecule has 7 heteroatoms. The van der Waals surface area contributed by atoms with Crippen molar-refractivity contribution in [1.29, 1.82) is 0 Å². The molecule has 0 aliphatic heterocycles. The van der Waals surface area contributed by atoms with Gasteiger partial charge in [-0.3, -0.25) is 14.6 Å². The molecular weight excluding hydrogens is 306 g/mol. The van der Waals surface area contributed by atoms with Crippen LogP contribution in [0.2, 0.25) is 0 Å². The molecule has 0 saturated carbocycles. The highest BCUT2D eigenvalue weighted by molar-refractivity contribution is 5.89. The summed E-state index contributed by atoms with van der Waals surface area (Å²) in [5.74, 6) is 0.105. The fourth-order valence-electron chi connectivity index (χ4n) is 1.87. The summed E-state index contributed by atoms with van der Waals surface area (Å²) in [4.78, 5) is 27.5. The van der Waals surface area contributed by atoms with Crippen LogP contribution in [-0.2, 0) is 16.1 Å². The quantitative estimate of drug-likeness (QED) is 0.447. The SMILES string of the molecule is CN=C(NCC(=O)NCc1ccccc1)NCC(=O)NC(C)(C)C. The van der Waals surface area contributed by atoms with Crippen molar-refractivity contribution in [1.82, 2.24) is 21.3 Å². The molecule has 0 saturated heterocycles. The van der Waals surface area contributed by atoms with Crippen LogP contribution in [0.3, 0.4) is 0 Å². The molecule has 0 fully saturated rings. The first-order valence-electron chi connectivity index (χ1n) is 7.86. The van der Waals surface area contributed by atoms with Gasteiger partial charge in [-0.2, -0.15) is 0 Å². The predicted molar refractivity (Wildman–Crippen MR) is 95.5 cm³/mol. The van der Waals surface area contributed by atoms with Gasteiger partial charge in [-0.1, -0.05) is 30.3 Å². The number of carbonyl (C=O) groups is 2. The third-order valence-corrected chi connectivity index (χ3v) is 2.90. The lowest BCUT2D eigenvalue weighted by Crippen LogP contribution is -2.49. The number of hydrogen-bond donors (Lipinski definition) is 4. The Morgan fingerprint density at radius 1 is 0.958 bits per heavy atom. The normalized spacial score (nSPS) is 11.6. The Bertz CT molecular complexity index is 564. The molecule has 0 aliphatic rings. The lowest BCUT2D eigenvalue weighted by atomic mass is 10.1. The van der Waals surface area contributed by atoms with Gasteiger partial charge in [0, 0.05) is 19.1 Å². The highest BCUT2D eigenvalue weighted by Gasteiger charge is 2.13. The maximum atomic E-state index is 11.8. The van der Waals surface area contributed by atoms with E-state index in [0.717, 1.165) is 5.56 Å². The average Bonchev–Trinajstić information content (AvgIpc) is 2.52. The van der Waals surface area contributed by atoms with Crippen molar-refractivity contribution in [2.24, 2.45) is 4.99 Å². The smallest absolute Gasteiger partial charge is 0.239 e. The van der Waals surface area contributed by atoms with E-state index < -0.39 is 0 Å². The minimum Gasteiger partial charge on any atom is -0.350 e. The standard InChI is InChI=1S/C17H27N5O2/c1-17(2,3)22-15(24)12-21-16(18-4)20-11-14(23)19-10-13-8-6-5-7-9-13/h5-9H,10-12H2,1-4H3,(H,19,23)(H,22,24)(H2,18,20,21). The van der Waals surface area contributed by atoms with E-state index >= 15 is 0 Å².